The lowest BCUT2D eigenvalue weighted by atomic mass is 9.91. The first-order chi connectivity index (χ1) is 9.95. The molecular formula is C14H19N3O2S2. The summed E-state index contributed by atoms with van der Waals surface area (Å²) in [6, 6.07) is 4.15. The third-order valence-electron chi connectivity index (χ3n) is 3.08. The van der Waals surface area contributed by atoms with E-state index in [1.54, 1.807) is 18.3 Å². The quantitative estimate of drug-likeness (QED) is 0.796. The molecule has 0 aliphatic carbocycles. The number of aromatic nitrogens is 1. The Morgan fingerprint density at radius 1 is 1.52 bits per heavy atom. The lowest BCUT2D eigenvalue weighted by Crippen LogP contribution is -2.26. The minimum absolute atomic E-state index is 0.0428. The van der Waals surface area contributed by atoms with Gasteiger partial charge in [-0.3, -0.25) is 0 Å². The number of nitrogens with one attached hydrogen (secondary N) is 1. The molecule has 21 heavy (non-hydrogen) atoms. The average molecular weight is 325 g/mol. The van der Waals surface area contributed by atoms with Crippen molar-refractivity contribution in [2.45, 2.75) is 26.2 Å². The molecular weight excluding hydrogens is 306 g/mol. The summed E-state index contributed by atoms with van der Waals surface area (Å²) in [7, 11) is 0. The fourth-order valence-electron chi connectivity index (χ4n) is 1.88. The van der Waals surface area contributed by atoms with Crippen molar-refractivity contribution in [2.75, 3.05) is 24.2 Å². The van der Waals surface area contributed by atoms with Gasteiger partial charge in [-0.25, -0.2) is 4.79 Å². The number of carbonyl (C=O) groups is 1. The number of esters is 1. The maximum atomic E-state index is 11.9. The highest BCUT2D eigenvalue weighted by atomic mass is 32.1. The molecule has 3 N–H and O–H groups in total. The second kappa shape index (κ2) is 6.44. The third-order valence-corrected chi connectivity index (χ3v) is 5.13. The average Bonchev–Trinajstić information content (AvgIpc) is 3.06. The molecule has 0 aliphatic heterocycles. The summed E-state index contributed by atoms with van der Waals surface area (Å²) in [5.74, 6) is -0.213. The Kier molecular flexibility index (Phi) is 4.84. The number of nitrogens with two attached hydrogens (primary N) is 1. The molecule has 2 aromatic rings. The SMILES string of the molecule is CCOC(=O)c1c(N)nsc1NCC(C)(C)c1cccs1. The molecule has 7 heteroatoms. The fraction of sp³-hybridized carbons (Fsp3) is 0.429. The molecule has 0 spiro atoms. The molecule has 0 atom stereocenters. The minimum Gasteiger partial charge on any atom is -0.462 e. The number of thiophene rings is 1. The van der Waals surface area contributed by atoms with Crippen molar-refractivity contribution in [1.29, 1.82) is 0 Å². The number of hydrogen-bond donors (Lipinski definition) is 2. The highest BCUT2D eigenvalue weighted by Crippen LogP contribution is 2.31. The summed E-state index contributed by atoms with van der Waals surface area (Å²) < 4.78 is 9.06. The van der Waals surface area contributed by atoms with Crippen molar-refractivity contribution in [2.24, 2.45) is 0 Å². The molecule has 2 aromatic heterocycles. The van der Waals surface area contributed by atoms with Crippen LogP contribution in [-0.4, -0.2) is 23.5 Å². The van der Waals surface area contributed by atoms with E-state index in [4.69, 9.17) is 10.5 Å². The summed E-state index contributed by atoms with van der Waals surface area (Å²) >= 11 is 2.91. The van der Waals surface area contributed by atoms with Crippen LogP contribution in [0.1, 0.15) is 36.0 Å². The molecule has 114 valence electrons. The minimum atomic E-state index is -0.430. The number of rotatable bonds is 6. The van der Waals surface area contributed by atoms with Crippen LogP contribution < -0.4 is 11.1 Å². The summed E-state index contributed by atoms with van der Waals surface area (Å²) in [4.78, 5) is 13.2. The molecule has 0 unspecified atom stereocenters. The smallest absolute Gasteiger partial charge is 0.344 e. The van der Waals surface area contributed by atoms with E-state index < -0.39 is 5.97 Å². The zero-order valence-corrected chi connectivity index (χ0v) is 13.9. The van der Waals surface area contributed by atoms with Gasteiger partial charge in [-0.15, -0.1) is 11.3 Å². The lowest BCUT2D eigenvalue weighted by molar-refractivity contribution is 0.0529. The van der Waals surface area contributed by atoms with Crippen molar-refractivity contribution in [3.63, 3.8) is 0 Å². The van der Waals surface area contributed by atoms with Crippen molar-refractivity contribution < 1.29 is 9.53 Å². The first kappa shape index (κ1) is 15.8. The summed E-state index contributed by atoms with van der Waals surface area (Å²) in [6.07, 6.45) is 0. The van der Waals surface area contributed by atoms with Gasteiger partial charge in [-0.05, 0) is 29.9 Å². The number of nitrogens with zero attached hydrogens (tertiary/aromatic N) is 1. The van der Waals surface area contributed by atoms with Crippen molar-refractivity contribution >= 4 is 39.7 Å². The van der Waals surface area contributed by atoms with Crippen LogP contribution in [-0.2, 0) is 10.2 Å². The van der Waals surface area contributed by atoms with Gasteiger partial charge in [0, 0.05) is 16.8 Å². The van der Waals surface area contributed by atoms with E-state index in [2.05, 4.69) is 35.0 Å². The predicted octanol–water partition coefficient (Wildman–Crippen LogP) is 3.35. The van der Waals surface area contributed by atoms with Gasteiger partial charge < -0.3 is 15.8 Å². The van der Waals surface area contributed by atoms with Crippen LogP contribution in [0.2, 0.25) is 0 Å². The monoisotopic (exact) mass is 325 g/mol. The number of nitrogen functional groups attached to an aromatic ring is 1. The Labute approximate surface area is 132 Å². The molecule has 2 heterocycles. The van der Waals surface area contributed by atoms with Crippen LogP contribution in [0.5, 0.6) is 0 Å². The van der Waals surface area contributed by atoms with E-state index in [0.29, 0.717) is 23.7 Å². The molecule has 0 fully saturated rings. The topological polar surface area (TPSA) is 77.2 Å². The second-order valence-electron chi connectivity index (χ2n) is 5.21. The maximum absolute atomic E-state index is 11.9. The predicted molar refractivity (Wildman–Crippen MR) is 88.3 cm³/mol. The van der Waals surface area contributed by atoms with E-state index in [0.717, 1.165) is 0 Å². The molecule has 2 rings (SSSR count). The first-order valence-electron chi connectivity index (χ1n) is 6.66. The van der Waals surface area contributed by atoms with Crippen molar-refractivity contribution in [3.8, 4) is 0 Å². The Morgan fingerprint density at radius 2 is 2.29 bits per heavy atom. The zero-order valence-electron chi connectivity index (χ0n) is 12.3. The number of carbonyl (C=O) groups excluding carboxylic acids is 1. The molecule has 0 saturated heterocycles. The Balaban J connectivity index is 2.12. The number of anilines is 2. The fourth-order valence-corrected chi connectivity index (χ4v) is 3.42. The Hall–Kier alpha value is -1.60. The van der Waals surface area contributed by atoms with E-state index in [1.807, 2.05) is 6.07 Å². The highest BCUT2D eigenvalue weighted by molar-refractivity contribution is 7.11. The van der Waals surface area contributed by atoms with Crippen molar-refractivity contribution in [3.05, 3.63) is 28.0 Å². The van der Waals surface area contributed by atoms with Crippen LogP contribution in [0.15, 0.2) is 17.5 Å². The van der Waals surface area contributed by atoms with Crippen LogP contribution in [0, 0.1) is 0 Å². The number of ether oxygens (including phenoxy) is 1. The van der Waals surface area contributed by atoms with Gasteiger partial charge in [0.2, 0.25) is 0 Å². The van der Waals surface area contributed by atoms with Gasteiger partial charge in [-0.2, -0.15) is 4.37 Å². The molecule has 5 nitrogen and oxygen atoms in total. The van der Waals surface area contributed by atoms with Gasteiger partial charge in [0.15, 0.2) is 5.82 Å². The van der Waals surface area contributed by atoms with E-state index in [9.17, 15) is 4.79 Å². The Morgan fingerprint density at radius 3 is 2.90 bits per heavy atom. The standard InChI is InChI=1S/C14H19N3O2S2/c1-4-19-13(18)10-11(15)17-21-12(10)16-8-14(2,3)9-6-5-7-20-9/h5-7,16H,4,8H2,1-3H3,(H2,15,17). The van der Waals surface area contributed by atoms with Gasteiger partial charge in [0.1, 0.15) is 10.6 Å². The van der Waals surface area contributed by atoms with E-state index in [1.165, 1.54) is 16.4 Å². The number of hydrogen-bond acceptors (Lipinski definition) is 7. The highest BCUT2D eigenvalue weighted by Gasteiger charge is 2.25. The van der Waals surface area contributed by atoms with Gasteiger partial charge in [0.25, 0.3) is 0 Å². The van der Waals surface area contributed by atoms with Crippen LogP contribution >= 0.6 is 22.9 Å². The van der Waals surface area contributed by atoms with Gasteiger partial charge >= 0.3 is 5.97 Å². The normalized spacial score (nSPS) is 11.4. The molecule has 0 aliphatic rings. The van der Waals surface area contributed by atoms with Crippen molar-refractivity contribution in [1.82, 2.24) is 4.37 Å². The molecule has 0 amide bonds. The molecule has 0 aromatic carbocycles. The van der Waals surface area contributed by atoms with E-state index >= 15 is 0 Å². The van der Waals surface area contributed by atoms with Crippen LogP contribution in [0.3, 0.4) is 0 Å². The summed E-state index contributed by atoms with van der Waals surface area (Å²) in [5.41, 5.74) is 6.06. The molecule has 0 radical (unpaired) electrons. The van der Waals surface area contributed by atoms with Gasteiger partial charge in [0.05, 0.1) is 6.61 Å². The second-order valence-corrected chi connectivity index (χ2v) is 6.93. The van der Waals surface area contributed by atoms with Gasteiger partial charge in [-0.1, -0.05) is 19.9 Å². The third kappa shape index (κ3) is 3.54. The van der Waals surface area contributed by atoms with Crippen LogP contribution in [0.4, 0.5) is 10.8 Å². The maximum Gasteiger partial charge on any atom is 0.344 e. The summed E-state index contributed by atoms with van der Waals surface area (Å²) in [6.45, 7) is 7.07. The molecule has 0 bridgehead atoms. The van der Waals surface area contributed by atoms with E-state index in [-0.39, 0.29) is 11.2 Å². The van der Waals surface area contributed by atoms with Crippen LogP contribution in [0.25, 0.3) is 0 Å². The molecule has 0 saturated carbocycles. The zero-order chi connectivity index (χ0) is 15.5. The Bertz CT molecular complexity index is 606. The summed E-state index contributed by atoms with van der Waals surface area (Å²) in [5, 5.41) is 6.01. The lowest BCUT2D eigenvalue weighted by Gasteiger charge is -2.23. The largest absolute Gasteiger partial charge is 0.462 e. The first-order valence-corrected chi connectivity index (χ1v) is 8.31.